The molecule has 0 aromatic heterocycles. The van der Waals surface area contributed by atoms with E-state index in [0.717, 1.165) is 11.6 Å². The van der Waals surface area contributed by atoms with Crippen LogP contribution in [0.15, 0.2) is 18.2 Å². The van der Waals surface area contributed by atoms with Crippen molar-refractivity contribution in [3.05, 3.63) is 28.8 Å². The number of piperidine rings is 1. The van der Waals surface area contributed by atoms with Gasteiger partial charge in [-0.15, -0.1) is 0 Å². The SMILES string of the molecule is CN1CCC2c3cc(Cl)ccc3NC2C1. The Morgan fingerprint density at radius 2 is 2.33 bits per heavy atom. The maximum absolute atomic E-state index is 6.05. The summed E-state index contributed by atoms with van der Waals surface area (Å²) in [5.74, 6) is 0.662. The molecular weight excluding hydrogens is 208 g/mol. The number of rotatable bonds is 0. The van der Waals surface area contributed by atoms with Gasteiger partial charge in [-0.1, -0.05) is 11.6 Å². The van der Waals surface area contributed by atoms with Crippen LogP contribution in [0.2, 0.25) is 5.02 Å². The molecule has 1 saturated heterocycles. The summed E-state index contributed by atoms with van der Waals surface area (Å²) in [4.78, 5) is 2.39. The number of hydrogen-bond acceptors (Lipinski definition) is 2. The fourth-order valence-electron chi connectivity index (χ4n) is 2.80. The Morgan fingerprint density at radius 3 is 3.20 bits per heavy atom. The van der Waals surface area contributed by atoms with Gasteiger partial charge in [0, 0.05) is 29.2 Å². The van der Waals surface area contributed by atoms with E-state index in [1.807, 2.05) is 6.07 Å². The van der Waals surface area contributed by atoms with Crippen molar-refractivity contribution in [1.82, 2.24) is 4.90 Å². The molecule has 0 saturated carbocycles. The van der Waals surface area contributed by atoms with Gasteiger partial charge < -0.3 is 10.2 Å². The fourth-order valence-corrected chi connectivity index (χ4v) is 2.99. The van der Waals surface area contributed by atoms with E-state index in [1.54, 1.807) is 0 Å². The van der Waals surface area contributed by atoms with E-state index in [4.69, 9.17) is 11.6 Å². The first-order valence-corrected chi connectivity index (χ1v) is 5.86. The average Bonchev–Trinajstić information content (AvgIpc) is 2.54. The summed E-state index contributed by atoms with van der Waals surface area (Å²) in [7, 11) is 2.19. The predicted octanol–water partition coefficient (Wildman–Crippen LogP) is 2.55. The van der Waals surface area contributed by atoms with Gasteiger partial charge in [-0.05, 0) is 43.8 Å². The van der Waals surface area contributed by atoms with Gasteiger partial charge in [-0.2, -0.15) is 0 Å². The molecule has 2 unspecified atom stereocenters. The zero-order valence-electron chi connectivity index (χ0n) is 8.83. The predicted molar refractivity (Wildman–Crippen MR) is 63.7 cm³/mol. The van der Waals surface area contributed by atoms with Crippen LogP contribution in [0.1, 0.15) is 17.9 Å². The van der Waals surface area contributed by atoms with Crippen molar-refractivity contribution in [2.24, 2.45) is 0 Å². The molecule has 0 radical (unpaired) electrons. The van der Waals surface area contributed by atoms with Gasteiger partial charge in [0.1, 0.15) is 0 Å². The van der Waals surface area contributed by atoms with Gasteiger partial charge in [0.05, 0.1) is 0 Å². The van der Waals surface area contributed by atoms with Gasteiger partial charge in [0.2, 0.25) is 0 Å². The molecule has 3 rings (SSSR count). The number of halogens is 1. The highest BCUT2D eigenvalue weighted by Crippen LogP contribution is 2.41. The van der Waals surface area contributed by atoms with Crippen molar-refractivity contribution in [3.63, 3.8) is 0 Å². The van der Waals surface area contributed by atoms with E-state index in [0.29, 0.717) is 12.0 Å². The third-order valence-electron chi connectivity index (χ3n) is 3.57. The lowest BCUT2D eigenvalue weighted by Gasteiger charge is -2.32. The minimum Gasteiger partial charge on any atom is -0.380 e. The molecule has 0 bridgehead atoms. The largest absolute Gasteiger partial charge is 0.380 e. The zero-order valence-corrected chi connectivity index (χ0v) is 9.59. The first-order valence-electron chi connectivity index (χ1n) is 5.48. The maximum Gasteiger partial charge on any atom is 0.0458 e. The van der Waals surface area contributed by atoms with Crippen LogP contribution in [0.5, 0.6) is 0 Å². The highest BCUT2D eigenvalue weighted by molar-refractivity contribution is 6.30. The van der Waals surface area contributed by atoms with E-state index in [9.17, 15) is 0 Å². The fraction of sp³-hybridized carbons (Fsp3) is 0.500. The van der Waals surface area contributed by atoms with Crippen molar-refractivity contribution in [1.29, 1.82) is 0 Å². The van der Waals surface area contributed by atoms with Crippen LogP contribution in [0.4, 0.5) is 5.69 Å². The summed E-state index contributed by atoms with van der Waals surface area (Å²) in [6.07, 6.45) is 1.24. The van der Waals surface area contributed by atoms with Crippen LogP contribution in [0, 0.1) is 0 Å². The first-order chi connectivity index (χ1) is 7.24. The van der Waals surface area contributed by atoms with Crippen LogP contribution in [0.3, 0.4) is 0 Å². The molecule has 1 aromatic rings. The second-order valence-corrected chi connectivity index (χ2v) is 5.08. The molecule has 1 aromatic carbocycles. The second-order valence-electron chi connectivity index (χ2n) is 4.64. The minimum absolute atomic E-state index is 0.581. The second kappa shape index (κ2) is 3.39. The molecular formula is C12H15ClN2. The molecule has 2 nitrogen and oxygen atoms in total. The van der Waals surface area contributed by atoms with E-state index >= 15 is 0 Å². The minimum atomic E-state index is 0.581. The molecule has 3 heteroatoms. The first kappa shape index (κ1) is 9.49. The highest BCUT2D eigenvalue weighted by Gasteiger charge is 2.35. The molecule has 0 spiro atoms. The van der Waals surface area contributed by atoms with Crippen LogP contribution < -0.4 is 5.32 Å². The van der Waals surface area contributed by atoms with E-state index in [1.165, 1.54) is 24.2 Å². The van der Waals surface area contributed by atoms with Crippen LogP contribution in [-0.2, 0) is 0 Å². The summed E-state index contributed by atoms with van der Waals surface area (Å²) in [6, 6.07) is 6.78. The van der Waals surface area contributed by atoms with Gasteiger partial charge in [-0.3, -0.25) is 0 Å². The number of fused-ring (bicyclic) bond motifs is 3. The van der Waals surface area contributed by atoms with Crippen molar-refractivity contribution in [2.45, 2.75) is 18.4 Å². The maximum atomic E-state index is 6.05. The van der Waals surface area contributed by atoms with Crippen molar-refractivity contribution in [3.8, 4) is 0 Å². The normalized spacial score (nSPS) is 29.5. The molecule has 0 aliphatic carbocycles. The Morgan fingerprint density at radius 1 is 1.47 bits per heavy atom. The lowest BCUT2D eigenvalue weighted by molar-refractivity contribution is 0.245. The van der Waals surface area contributed by atoms with Gasteiger partial charge in [-0.25, -0.2) is 0 Å². The Labute approximate surface area is 95.2 Å². The molecule has 0 amide bonds. The molecule has 15 heavy (non-hydrogen) atoms. The topological polar surface area (TPSA) is 15.3 Å². The van der Waals surface area contributed by atoms with E-state index < -0.39 is 0 Å². The number of likely N-dealkylation sites (tertiary alicyclic amines) is 1. The number of anilines is 1. The Hall–Kier alpha value is -0.730. The molecule has 2 atom stereocenters. The molecule has 2 aliphatic rings. The van der Waals surface area contributed by atoms with Crippen LogP contribution >= 0.6 is 11.6 Å². The third kappa shape index (κ3) is 1.52. The monoisotopic (exact) mass is 222 g/mol. The number of hydrogen-bond donors (Lipinski definition) is 1. The van der Waals surface area contributed by atoms with Gasteiger partial charge >= 0.3 is 0 Å². The third-order valence-corrected chi connectivity index (χ3v) is 3.80. The number of benzene rings is 1. The van der Waals surface area contributed by atoms with Crippen molar-refractivity contribution < 1.29 is 0 Å². The number of likely N-dealkylation sites (N-methyl/N-ethyl adjacent to an activating group) is 1. The number of nitrogens with one attached hydrogen (secondary N) is 1. The highest BCUT2D eigenvalue weighted by atomic mass is 35.5. The number of nitrogens with zero attached hydrogens (tertiary/aromatic N) is 1. The quantitative estimate of drug-likeness (QED) is 0.726. The molecule has 1 N–H and O–H groups in total. The van der Waals surface area contributed by atoms with Crippen LogP contribution in [-0.4, -0.2) is 31.1 Å². The Balaban J connectivity index is 1.96. The standard InChI is InChI=1S/C12H15ClN2/c1-15-5-4-9-10-6-8(13)2-3-11(10)14-12(9)7-15/h2-3,6,9,12,14H,4-5,7H2,1H3. The van der Waals surface area contributed by atoms with Crippen molar-refractivity contribution >= 4 is 17.3 Å². The van der Waals surface area contributed by atoms with Crippen LogP contribution in [0.25, 0.3) is 0 Å². The van der Waals surface area contributed by atoms with E-state index in [-0.39, 0.29) is 0 Å². The summed E-state index contributed by atoms with van der Waals surface area (Å²) in [6.45, 7) is 2.33. The Kier molecular flexibility index (Phi) is 2.15. The smallest absolute Gasteiger partial charge is 0.0458 e. The molecule has 80 valence electrons. The van der Waals surface area contributed by atoms with E-state index in [2.05, 4.69) is 29.4 Å². The summed E-state index contributed by atoms with van der Waals surface area (Å²) >= 11 is 6.05. The van der Waals surface area contributed by atoms with Gasteiger partial charge in [0.15, 0.2) is 0 Å². The van der Waals surface area contributed by atoms with Crippen molar-refractivity contribution in [2.75, 3.05) is 25.5 Å². The summed E-state index contributed by atoms with van der Waals surface area (Å²) in [5.41, 5.74) is 2.70. The molecule has 2 aliphatic heterocycles. The zero-order chi connectivity index (χ0) is 10.4. The molecule has 1 fully saturated rings. The summed E-state index contributed by atoms with van der Waals surface area (Å²) < 4.78 is 0. The lowest BCUT2D eigenvalue weighted by atomic mass is 9.89. The Bertz CT molecular complexity index is 391. The lowest BCUT2D eigenvalue weighted by Crippen LogP contribution is -2.41. The van der Waals surface area contributed by atoms with Gasteiger partial charge in [0.25, 0.3) is 0 Å². The molecule has 2 heterocycles. The average molecular weight is 223 g/mol. The summed E-state index contributed by atoms with van der Waals surface area (Å²) in [5, 5.41) is 4.45.